The van der Waals surface area contributed by atoms with Crippen molar-refractivity contribution in [1.29, 1.82) is 0 Å². The van der Waals surface area contributed by atoms with Gasteiger partial charge >= 0.3 is 0 Å². The molecule has 5 rings (SSSR count). The van der Waals surface area contributed by atoms with Crippen LogP contribution in [0, 0.1) is 5.92 Å². The average Bonchev–Trinajstić information content (AvgIpc) is 2.98. The maximum atomic E-state index is 12.6. The van der Waals surface area contributed by atoms with Crippen LogP contribution in [0.4, 0.5) is 0 Å². The molecule has 5 heterocycles. The molecule has 3 aliphatic rings. The fourth-order valence-electron chi connectivity index (χ4n) is 4.08. The van der Waals surface area contributed by atoms with Gasteiger partial charge in [0.25, 0.3) is 5.91 Å². The third kappa shape index (κ3) is 2.03. The molecule has 2 bridgehead atoms. The summed E-state index contributed by atoms with van der Waals surface area (Å²) in [6.45, 7) is 6.75. The molecule has 5 nitrogen and oxygen atoms in total. The molecule has 22 heavy (non-hydrogen) atoms. The number of pyridine rings is 1. The summed E-state index contributed by atoms with van der Waals surface area (Å²) in [5.41, 5.74) is 1.18. The van der Waals surface area contributed by atoms with Crippen molar-refractivity contribution in [3.63, 3.8) is 0 Å². The largest absolute Gasteiger partial charge is 0.463 e. The second-order valence-corrected chi connectivity index (χ2v) is 6.96. The van der Waals surface area contributed by atoms with Crippen LogP contribution in [0.2, 0.25) is 0 Å². The molecule has 116 valence electrons. The van der Waals surface area contributed by atoms with Gasteiger partial charge in [-0.1, -0.05) is 0 Å². The molecule has 0 spiro atoms. The lowest BCUT2D eigenvalue weighted by Crippen LogP contribution is -2.69. The first-order valence-corrected chi connectivity index (χ1v) is 7.95. The summed E-state index contributed by atoms with van der Waals surface area (Å²) in [6.07, 6.45) is 5.57. The van der Waals surface area contributed by atoms with Gasteiger partial charge in [0.2, 0.25) is 0 Å². The van der Waals surface area contributed by atoms with E-state index < -0.39 is 0 Å². The van der Waals surface area contributed by atoms with E-state index in [9.17, 15) is 4.79 Å². The van der Waals surface area contributed by atoms with Crippen LogP contribution in [0.5, 0.6) is 0 Å². The van der Waals surface area contributed by atoms with Gasteiger partial charge in [0.15, 0.2) is 5.58 Å². The van der Waals surface area contributed by atoms with E-state index in [2.05, 4.69) is 29.0 Å². The third-order valence-electron chi connectivity index (χ3n) is 5.45. The molecule has 2 aromatic rings. The minimum absolute atomic E-state index is 0.0105. The zero-order valence-corrected chi connectivity index (χ0v) is 13.0. The molecule has 1 atom stereocenters. The average molecular weight is 299 g/mol. The van der Waals surface area contributed by atoms with Crippen LogP contribution in [0.25, 0.3) is 11.0 Å². The molecule has 0 radical (unpaired) electrons. The zero-order valence-electron chi connectivity index (χ0n) is 13.0. The number of carbonyl (C=O) groups is 1. The van der Waals surface area contributed by atoms with E-state index in [4.69, 9.17) is 4.42 Å². The topological polar surface area (TPSA) is 58.4 Å². The smallest absolute Gasteiger partial charge is 0.270 e. The highest BCUT2D eigenvalue weighted by atomic mass is 16.3. The van der Waals surface area contributed by atoms with E-state index in [1.54, 1.807) is 18.5 Å². The lowest BCUT2D eigenvalue weighted by atomic mass is 9.72. The number of furan rings is 1. The summed E-state index contributed by atoms with van der Waals surface area (Å²) < 4.78 is 5.28. The van der Waals surface area contributed by atoms with Gasteiger partial charge in [-0.3, -0.25) is 9.69 Å². The minimum Gasteiger partial charge on any atom is -0.463 e. The molecule has 3 fully saturated rings. The Morgan fingerprint density at radius 2 is 2.18 bits per heavy atom. The number of nitrogens with zero attached hydrogens (tertiary/aromatic N) is 2. The number of hydrogen-bond acceptors (Lipinski definition) is 4. The number of hydrogen-bond donors (Lipinski definition) is 1. The van der Waals surface area contributed by atoms with Gasteiger partial charge in [-0.2, -0.15) is 0 Å². The van der Waals surface area contributed by atoms with Crippen molar-refractivity contribution in [3.05, 3.63) is 30.3 Å². The highest BCUT2D eigenvalue weighted by Crippen LogP contribution is 2.39. The maximum absolute atomic E-state index is 12.6. The molecule has 0 saturated carbocycles. The fraction of sp³-hybridized carbons (Fsp3) is 0.529. The standard InChI is InChI=1S/C17H21N3O2/c1-17(2)15(11-3-6-20(17)7-4-11)19-16(21)13-9-12-5-8-22-14(12)10-18-13/h5,8-11,15H,3-4,6-7H2,1-2H3,(H,19,21)/t15-/m1/s1. The number of nitrogens with one attached hydrogen (secondary N) is 1. The first-order chi connectivity index (χ1) is 10.6. The molecule has 5 heteroatoms. The Labute approximate surface area is 129 Å². The maximum Gasteiger partial charge on any atom is 0.270 e. The molecule has 0 unspecified atom stereocenters. The van der Waals surface area contributed by atoms with E-state index in [0.29, 0.717) is 17.2 Å². The van der Waals surface area contributed by atoms with Gasteiger partial charge < -0.3 is 9.73 Å². The lowest BCUT2D eigenvalue weighted by Gasteiger charge is -2.56. The van der Waals surface area contributed by atoms with E-state index in [1.807, 2.05) is 6.07 Å². The van der Waals surface area contributed by atoms with E-state index >= 15 is 0 Å². The molecule has 1 amide bonds. The van der Waals surface area contributed by atoms with E-state index in [-0.39, 0.29) is 17.5 Å². The molecular weight excluding hydrogens is 278 g/mol. The number of carbonyl (C=O) groups excluding carboxylic acids is 1. The van der Waals surface area contributed by atoms with Crippen molar-refractivity contribution < 1.29 is 9.21 Å². The van der Waals surface area contributed by atoms with Crippen molar-refractivity contribution in [2.75, 3.05) is 13.1 Å². The van der Waals surface area contributed by atoms with Crippen LogP contribution < -0.4 is 5.32 Å². The molecule has 2 aromatic heterocycles. The van der Waals surface area contributed by atoms with Gasteiger partial charge in [0.1, 0.15) is 5.69 Å². The number of piperidine rings is 3. The van der Waals surface area contributed by atoms with Crippen molar-refractivity contribution in [2.24, 2.45) is 5.92 Å². The monoisotopic (exact) mass is 299 g/mol. The summed E-state index contributed by atoms with van der Waals surface area (Å²) in [5, 5.41) is 4.15. The Bertz CT molecular complexity index is 714. The van der Waals surface area contributed by atoms with Crippen LogP contribution in [0.1, 0.15) is 37.2 Å². The van der Waals surface area contributed by atoms with Crippen molar-refractivity contribution >= 4 is 16.9 Å². The summed E-state index contributed by atoms with van der Waals surface area (Å²) in [7, 11) is 0. The SMILES string of the molecule is CC1(C)[C@H](NC(=O)c2cc3ccoc3cn2)C2CCN1CC2. The van der Waals surface area contributed by atoms with E-state index in [0.717, 1.165) is 18.5 Å². The number of aromatic nitrogens is 1. The summed E-state index contributed by atoms with van der Waals surface area (Å²) in [6, 6.07) is 3.83. The summed E-state index contributed by atoms with van der Waals surface area (Å²) in [5.74, 6) is 0.483. The van der Waals surface area contributed by atoms with Gasteiger partial charge in [-0.05, 0) is 57.8 Å². The molecular formula is C17H21N3O2. The van der Waals surface area contributed by atoms with Crippen LogP contribution in [-0.2, 0) is 0 Å². The van der Waals surface area contributed by atoms with Gasteiger partial charge in [0, 0.05) is 17.0 Å². The Morgan fingerprint density at radius 3 is 2.91 bits per heavy atom. The Kier molecular flexibility index (Phi) is 3.01. The quantitative estimate of drug-likeness (QED) is 0.925. The molecule has 0 aromatic carbocycles. The molecule has 0 aliphatic carbocycles. The number of rotatable bonds is 2. The highest BCUT2D eigenvalue weighted by Gasteiger charge is 2.48. The van der Waals surface area contributed by atoms with Crippen molar-refractivity contribution in [1.82, 2.24) is 15.2 Å². The van der Waals surface area contributed by atoms with E-state index in [1.165, 1.54) is 12.8 Å². The number of fused-ring (bicyclic) bond motifs is 4. The zero-order chi connectivity index (χ0) is 15.3. The number of amides is 1. The second kappa shape index (κ2) is 4.81. The summed E-state index contributed by atoms with van der Waals surface area (Å²) in [4.78, 5) is 19.3. The Balaban J connectivity index is 1.58. The fourth-order valence-corrected chi connectivity index (χ4v) is 4.08. The Morgan fingerprint density at radius 1 is 1.41 bits per heavy atom. The lowest BCUT2D eigenvalue weighted by molar-refractivity contribution is -0.0378. The van der Waals surface area contributed by atoms with Crippen LogP contribution in [0.15, 0.2) is 29.0 Å². The van der Waals surface area contributed by atoms with Gasteiger partial charge in [-0.25, -0.2) is 4.98 Å². The normalized spacial score (nSPS) is 29.6. The van der Waals surface area contributed by atoms with Gasteiger partial charge in [-0.15, -0.1) is 0 Å². The third-order valence-corrected chi connectivity index (χ3v) is 5.45. The first-order valence-electron chi connectivity index (χ1n) is 7.95. The van der Waals surface area contributed by atoms with Crippen LogP contribution in [0.3, 0.4) is 0 Å². The van der Waals surface area contributed by atoms with Gasteiger partial charge in [0.05, 0.1) is 12.5 Å². The highest BCUT2D eigenvalue weighted by molar-refractivity contribution is 5.95. The van der Waals surface area contributed by atoms with Crippen molar-refractivity contribution in [2.45, 2.75) is 38.3 Å². The predicted octanol–water partition coefficient (Wildman–Crippen LogP) is 2.43. The van der Waals surface area contributed by atoms with Crippen molar-refractivity contribution in [3.8, 4) is 0 Å². The molecule has 3 saturated heterocycles. The molecule has 3 aliphatic heterocycles. The first kappa shape index (κ1) is 13.8. The van der Waals surface area contributed by atoms with Crippen LogP contribution >= 0.6 is 0 Å². The molecule has 1 N–H and O–H groups in total. The van der Waals surface area contributed by atoms with Crippen LogP contribution in [-0.4, -0.2) is 40.5 Å². The Hall–Kier alpha value is -1.88. The minimum atomic E-state index is -0.0880. The summed E-state index contributed by atoms with van der Waals surface area (Å²) >= 11 is 0. The predicted molar refractivity (Wildman–Crippen MR) is 83.6 cm³/mol. The second-order valence-electron chi connectivity index (χ2n) is 6.96.